The molecule has 2 saturated carbocycles. The topological polar surface area (TPSA) is 47.5 Å². The second-order valence-corrected chi connectivity index (χ2v) is 6.54. The van der Waals surface area contributed by atoms with E-state index in [0.717, 1.165) is 51.1 Å². The summed E-state index contributed by atoms with van der Waals surface area (Å²) in [4.78, 5) is 11.1. The first kappa shape index (κ1) is 13.5. The van der Waals surface area contributed by atoms with Gasteiger partial charge in [0.15, 0.2) is 0 Å². The van der Waals surface area contributed by atoms with Gasteiger partial charge < -0.3 is 14.4 Å². The molecule has 1 unspecified atom stereocenters. The molecular formula is C16H23N3O2. The lowest BCUT2D eigenvalue weighted by atomic mass is 10.1. The Labute approximate surface area is 125 Å². The standard InChI is InChI=1S/C16H23N3O2/c1-4-17-16(18-5-1)19-6-7-21-15-9-13(8-14(15)19)11-20-10-12-2-3-12/h1,4-5,12-15H,2-3,6-11H2/t13?,14-,15-/m0/s1. The van der Waals surface area contributed by atoms with E-state index in [9.17, 15) is 0 Å². The first-order valence-electron chi connectivity index (χ1n) is 8.13. The van der Waals surface area contributed by atoms with Crippen LogP contribution in [0.2, 0.25) is 0 Å². The van der Waals surface area contributed by atoms with Gasteiger partial charge in [-0.2, -0.15) is 0 Å². The zero-order valence-corrected chi connectivity index (χ0v) is 12.4. The normalized spacial score (nSPS) is 32.2. The zero-order chi connectivity index (χ0) is 14.1. The molecule has 0 radical (unpaired) electrons. The number of aromatic nitrogens is 2. The summed E-state index contributed by atoms with van der Waals surface area (Å²) >= 11 is 0. The summed E-state index contributed by atoms with van der Waals surface area (Å²) < 4.78 is 11.9. The van der Waals surface area contributed by atoms with E-state index in [1.54, 1.807) is 0 Å². The molecule has 5 nitrogen and oxygen atoms in total. The smallest absolute Gasteiger partial charge is 0.225 e. The summed E-state index contributed by atoms with van der Waals surface area (Å²) in [5.74, 6) is 2.30. The van der Waals surface area contributed by atoms with Gasteiger partial charge in [0.25, 0.3) is 0 Å². The maximum Gasteiger partial charge on any atom is 0.225 e. The van der Waals surface area contributed by atoms with Crippen LogP contribution >= 0.6 is 0 Å². The van der Waals surface area contributed by atoms with E-state index in [2.05, 4.69) is 14.9 Å². The van der Waals surface area contributed by atoms with E-state index < -0.39 is 0 Å². The molecule has 0 aromatic carbocycles. The predicted molar refractivity (Wildman–Crippen MR) is 79.2 cm³/mol. The minimum absolute atomic E-state index is 0.317. The fraction of sp³-hybridized carbons (Fsp3) is 0.750. The molecule has 4 rings (SSSR count). The number of nitrogens with zero attached hydrogens (tertiary/aromatic N) is 3. The molecule has 3 fully saturated rings. The van der Waals surface area contributed by atoms with Gasteiger partial charge in [0.05, 0.1) is 18.8 Å². The predicted octanol–water partition coefficient (Wildman–Crippen LogP) is 1.89. The number of fused-ring (bicyclic) bond motifs is 1. The molecule has 1 aromatic heterocycles. The van der Waals surface area contributed by atoms with Crippen molar-refractivity contribution in [3.05, 3.63) is 18.5 Å². The molecule has 2 heterocycles. The lowest BCUT2D eigenvalue weighted by Gasteiger charge is -2.37. The van der Waals surface area contributed by atoms with E-state index in [1.165, 1.54) is 12.8 Å². The van der Waals surface area contributed by atoms with Gasteiger partial charge in [-0.15, -0.1) is 0 Å². The fourth-order valence-electron chi connectivity index (χ4n) is 3.56. The van der Waals surface area contributed by atoms with Gasteiger partial charge >= 0.3 is 0 Å². The second-order valence-electron chi connectivity index (χ2n) is 6.54. The summed E-state index contributed by atoms with van der Waals surface area (Å²) in [6, 6.07) is 2.28. The Morgan fingerprint density at radius 3 is 2.76 bits per heavy atom. The molecule has 0 spiro atoms. The van der Waals surface area contributed by atoms with Crippen LogP contribution in [0.4, 0.5) is 5.95 Å². The van der Waals surface area contributed by atoms with E-state index in [0.29, 0.717) is 18.1 Å². The highest BCUT2D eigenvalue weighted by Gasteiger charge is 2.42. The Balaban J connectivity index is 1.37. The maximum atomic E-state index is 5.97. The fourth-order valence-corrected chi connectivity index (χ4v) is 3.56. The molecule has 0 amide bonds. The number of morpholine rings is 1. The SMILES string of the molecule is c1cnc(N2CCO[C@H]3CC(COCC4CC4)C[C@@H]32)nc1. The first-order valence-corrected chi connectivity index (χ1v) is 8.13. The van der Waals surface area contributed by atoms with Crippen molar-refractivity contribution in [1.82, 2.24) is 9.97 Å². The van der Waals surface area contributed by atoms with Crippen LogP contribution in [0.3, 0.4) is 0 Å². The third-order valence-electron chi connectivity index (χ3n) is 4.85. The number of hydrogen-bond acceptors (Lipinski definition) is 5. The Kier molecular flexibility index (Phi) is 3.78. The van der Waals surface area contributed by atoms with Crippen LogP contribution in [0.25, 0.3) is 0 Å². The van der Waals surface area contributed by atoms with Gasteiger partial charge in [0.2, 0.25) is 5.95 Å². The van der Waals surface area contributed by atoms with Gasteiger partial charge in [-0.25, -0.2) is 9.97 Å². The lowest BCUT2D eigenvalue weighted by molar-refractivity contribution is 0.0203. The van der Waals surface area contributed by atoms with Crippen LogP contribution in [0.15, 0.2) is 18.5 Å². The van der Waals surface area contributed by atoms with Gasteiger partial charge in [-0.3, -0.25) is 0 Å². The molecular weight excluding hydrogens is 266 g/mol. The third-order valence-corrected chi connectivity index (χ3v) is 4.85. The average Bonchev–Trinajstić information content (AvgIpc) is 3.25. The summed E-state index contributed by atoms with van der Waals surface area (Å²) in [5, 5.41) is 0. The molecule has 21 heavy (non-hydrogen) atoms. The van der Waals surface area contributed by atoms with Gasteiger partial charge in [-0.05, 0) is 43.6 Å². The average molecular weight is 289 g/mol. The van der Waals surface area contributed by atoms with Crippen LogP contribution in [0.5, 0.6) is 0 Å². The minimum atomic E-state index is 0.317. The van der Waals surface area contributed by atoms with Crippen molar-refractivity contribution in [1.29, 1.82) is 0 Å². The van der Waals surface area contributed by atoms with Crippen molar-refractivity contribution >= 4 is 5.95 Å². The summed E-state index contributed by atoms with van der Waals surface area (Å²) in [7, 11) is 0. The third kappa shape index (κ3) is 3.04. The minimum Gasteiger partial charge on any atom is -0.381 e. The highest BCUT2D eigenvalue weighted by molar-refractivity contribution is 5.33. The first-order chi connectivity index (χ1) is 10.4. The van der Waals surface area contributed by atoms with E-state index in [-0.39, 0.29) is 0 Å². The Bertz CT molecular complexity index is 466. The number of rotatable bonds is 5. The van der Waals surface area contributed by atoms with Gasteiger partial charge in [0, 0.05) is 32.2 Å². The quantitative estimate of drug-likeness (QED) is 0.828. The lowest BCUT2D eigenvalue weighted by Crippen LogP contribution is -2.49. The van der Waals surface area contributed by atoms with Crippen molar-refractivity contribution in [2.75, 3.05) is 31.3 Å². The monoisotopic (exact) mass is 289 g/mol. The molecule has 0 bridgehead atoms. The second kappa shape index (κ2) is 5.89. The molecule has 3 aliphatic rings. The molecule has 5 heteroatoms. The van der Waals surface area contributed by atoms with Crippen LogP contribution in [0.1, 0.15) is 25.7 Å². The van der Waals surface area contributed by atoms with Crippen LogP contribution in [-0.4, -0.2) is 48.5 Å². The van der Waals surface area contributed by atoms with Crippen molar-refractivity contribution in [3.8, 4) is 0 Å². The van der Waals surface area contributed by atoms with Crippen LogP contribution < -0.4 is 4.90 Å². The highest BCUT2D eigenvalue weighted by Crippen LogP contribution is 2.36. The van der Waals surface area contributed by atoms with E-state index in [4.69, 9.17) is 9.47 Å². The molecule has 2 aliphatic carbocycles. The zero-order valence-electron chi connectivity index (χ0n) is 12.4. The summed E-state index contributed by atoms with van der Waals surface area (Å²) in [6.07, 6.45) is 8.91. The number of hydrogen-bond donors (Lipinski definition) is 0. The van der Waals surface area contributed by atoms with Gasteiger partial charge in [-0.1, -0.05) is 0 Å². The van der Waals surface area contributed by atoms with Crippen molar-refractivity contribution in [2.45, 2.75) is 37.8 Å². The Morgan fingerprint density at radius 1 is 1.14 bits per heavy atom. The van der Waals surface area contributed by atoms with Crippen LogP contribution in [-0.2, 0) is 9.47 Å². The molecule has 1 aliphatic heterocycles. The van der Waals surface area contributed by atoms with E-state index in [1.807, 2.05) is 18.5 Å². The number of ether oxygens (including phenoxy) is 2. The Morgan fingerprint density at radius 2 is 1.95 bits per heavy atom. The molecule has 3 atom stereocenters. The maximum absolute atomic E-state index is 5.97. The van der Waals surface area contributed by atoms with Gasteiger partial charge in [0.1, 0.15) is 0 Å². The molecule has 114 valence electrons. The number of anilines is 1. The highest BCUT2D eigenvalue weighted by atomic mass is 16.5. The Hall–Kier alpha value is -1.20. The molecule has 1 aromatic rings. The molecule has 1 saturated heterocycles. The van der Waals surface area contributed by atoms with Crippen molar-refractivity contribution in [2.24, 2.45) is 11.8 Å². The summed E-state index contributed by atoms with van der Waals surface area (Å²) in [6.45, 7) is 3.50. The largest absolute Gasteiger partial charge is 0.381 e. The van der Waals surface area contributed by atoms with Crippen LogP contribution in [0, 0.1) is 11.8 Å². The van der Waals surface area contributed by atoms with E-state index >= 15 is 0 Å². The van der Waals surface area contributed by atoms with Crippen molar-refractivity contribution < 1.29 is 9.47 Å². The molecule has 0 N–H and O–H groups in total. The van der Waals surface area contributed by atoms with Crippen molar-refractivity contribution in [3.63, 3.8) is 0 Å². The summed E-state index contributed by atoms with van der Waals surface area (Å²) in [5.41, 5.74) is 0.